The standard InChI is InChI=1S/C13H9BrCl2FNO2S/c1-7-4-9(14)12(6-11(7)16)18-21(19,20)13-5-8(17)2-3-10(13)15/h2-6,18H,1H3. The maximum atomic E-state index is 13.2. The van der Waals surface area contributed by atoms with Crippen molar-refractivity contribution in [3.63, 3.8) is 0 Å². The molecule has 0 aromatic heterocycles. The van der Waals surface area contributed by atoms with E-state index in [1.165, 1.54) is 12.1 Å². The normalized spacial score (nSPS) is 11.5. The monoisotopic (exact) mass is 411 g/mol. The van der Waals surface area contributed by atoms with E-state index in [2.05, 4.69) is 20.7 Å². The second-order valence-corrected chi connectivity index (χ2v) is 7.58. The van der Waals surface area contributed by atoms with E-state index in [0.29, 0.717) is 9.50 Å². The van der Waals surface area contributed by atoms with Gasteiger partial charge in [0.2, 0.25) is 0 Å². The van der Waals surface area contributed by atoms with E-state index < -0.39 is 15.8 Å². The Bertz CT molecular complexity index is 812. The van der Waals surface area contributed by atoms with Gasteiger partial charge in [-0.05, 0) is 58.7 Å². The smallest absolute Gasteiger partial charge is 0.263 e. The lowest BCUT2D eigenvalue weighted by atomic mass is 10.2. The molecule has 8 heteroatoms. The summed E-state index contributed by atoms with van der Waals surface area (Å²) < 4.78 is 40.7. The predicted molar refractivity (Wildman–Crippen MR) is 86.1 cm³/mol. The maximum Gasteiger partial charge on any atom is 0.263 e. The van der Waals surface area contributed by atoms with Crippen molar-refractivity contribution in [2.45, 2.75) is 11.8 Å². The molecule has 0 spiro atoms. The van der Waals surface area contributed by atoms with Crippen LogP contribution in [0.2, 0.25) is 10.0 Å². The summed E-state index contributed by atoms with van der Waals surface area (Å²) >= 11 is 15.0. The molecule has 0 aliphatic carbocycles. The highest BCUT2D eigenvalue weighted by Crippen LogP contribution is 2.32. The van der Waals surface area contributed by atoms with Crippen LogP contribution in [0, 0.1) is 12.7 Å². The highest BCUT2D eigenvalue weighted by molar-refractivity contribution is 9.10. The highest BCUT2D eigenvalue weighted by atomic mass is 79.9. The van der Waals surface area contributed by atoms with Gasteiger partial charge < -0.3 is 0 Å². The molecule has 0 saturated heterocycles. The molecule has 2 aromatic rings. The molecule has 0 radical (unpaired) electrons. The minimum Gasteiger partial charge on any atom is -0.278 e. The van der Waals surface area contributed by atoms with Crippen molar-refractivity contribution in [3.05, 3.63) is 56.2 Å². The van der Waals surface area contributed by atoms with Crippen LogP contribution in [0.15, 0.2) is 39.7 Å². The summed E-state index contributed by atoms with van der Waals surface area (Å²) in [6.07, 6.45) is 0. The Labute approximate surface area is 140 Å². The van der Waals surface area contributed by atoms with Crippen LogP contribution in [0.5, 0.6) is 0 Å². The second kappa shape index (κ2) is 6.12. The number of hydrogen-bond acceptors (Lipinski definition) is 2. The van der Waals surface area contributed by atoms with Crippen molar-refractivity contribution in [2.75, 3.05) is 4.72 Å². The molecule has 0 saturated carbocycles. The Balaban J connectivity index is 2.47. The Morgan fingerprint density at radius 1 is 1.14 bits per heavy atom. The zero-order chi connectivity index (χ0) is 15.8. The third kappa shape index (κ3) is 3.69. The number of halogens is 4. The fourth-order valence-electron chi connectivity index (χ4n) is 1.61. The first kappa shape index (κ1) is 16.5. The molecule has 1 N–H and O–H groups in total. The lowest BCUT2D eigenvalue weighted by Crippen LogP contribution is -2.14. The van der Waals surface area contributed by atoms with Crippen molar-refractivity contribution in [1.29, 1.82) is 0 Å². The highest BCUT2D eigenvalue weighted by Gasteiger charge is 2.20. The van der Waals surface area contributed by atoms with E-state index >= 15 is 0 Å². The summed E-state index contributed by atoms with van der Waals surface area (Å²) in [7, 11) is -4.03. The molecule has 0 atom stereocenters. The molecular weight excluding hydrogens is 404 g/mol. The lowest BCUT2D eigenvalue weighted by Gasteiger charge is -2.12. The number of nitrogens with one attached hydrogen (secondary N) is 1. The summed E-state index contributed by atoms with van der Waals surface area (Å²) in [5.41, 5.74) is 1.03. The van der Waals surface area contributed by atoms with Gasteiger partial charge >= 0.3 is 0 Å². The Kier molecular flexibility index (Phi) is 4.82. The van der Waals surface area contributed by atoms with Crippen LogP contribution in [0.3, 0.4) is 0 Å². The fraction of sp³-hybridized carbons (Fsp3) is 0.0769. The summed E-state index contributed by atoms with van der Waals surface area (Å²) in [4.78, 5) is -0.340. The molecule has 112 valence electrons. The molecule has 0 fully saturated rings. The second-order valence-electron chi connectivity index (χ2n) is 4.26. The van der Waals surface area contributed by atoms with Gasteiger partial charge in [0.15, 0.2) is 0 Å². The molecule has 21 heavy (non-hydrogen) atoms. The van der Waals surface area contributed by atoms with E-state index in [0.717, 1.165) is 17.7 Å². The van der Waals surface area contributed by atoms with Crippen LogP contribution in [0.4, 0.5) is 10.1 Å². The molecule has 0 heterocycles. The SMILES string of the molecule is Cc1cc(Br)c(NS(=O)(=O)c2cc(F)ccc2Cl)cc1Cl. The summed E-state index contributed by atoms with van der Waals surface area (Å²) in [5, 5.41) is 0.333. The van der Waals surface area contributed by atoms with Gasteiger partial charge in [-0.1, -0.05) is 23.2 Å². The first-order chi connectivity index (χ1) is 9.70. The Morgan fingerprint density at radius 2 is 1.81 bits per heavy atom. The van der Waals surface area contributed by atoms with Gasteiger partial charge in [0.05, 0.1) is 10.7 Å². The van der Waals surface area contributed by atoms with Gasteiger partial charge in [-0.15, -0.1) is 0 Å². The number of anilines is 1. The minimum atomic E-state index is -4.03. The molecule has 2 rings (SSSR count). The van der Waals surface area contributed by atoms with Crippen LogP contribution < -0.4 is 4.72 Å². The third-order valence-corrected chi connectivity index (χ3v) is 5.59. The van der Waals surface area contributed by atoms with E-state index in [4.69, 9.17) is 23.2 Å². The van der Waals surface area contributed by atoms with Gasteiger partial charge in [0, 0.05) is 9.50 Å². The summed E-state index contributed by atoms with van der Waals surface area (Å²) in [6, 6.07) is 6.26. The quantitative estimate of drug-likeness (QED) is 0.770. The Hall–Kier alpha value is -0.820. The molecule has 0 amide bonds. The Morgan fingerprint density at radius 3 is 2.48 bits per heavy atom. The molecule has 2 aromatic carbocycles. The number of hydrogen-bond donors (Lipinski definition) is 1. The maximum absolute atomic E-state index is 13.2. The van der Waals surface area contributed by atoms with Crippen LogP contribution in [0.1, 0.15) is 5.56 Å². The van der Waals surface area contributed by atoms with Gasteiger partial charge in [-0.3, -0.25) is 4.72 Å². The average molecular weight is 413 g/mol. The van der Waals surface area contributed by atoms with E-state index in [1.807, 2.05) is 0 Å². The van der Waals surface area contributed by atoms with Crippen molar-refractivity contribution >= 4 is 54.8 Å². The largest absolute Gasteiger partial charge is 0.278 e. The summed E-state index contributed by atoms with van der Waals surface area (Å²) in [5.74, 6) is -0.694. The van der Waals surface area contributed by atoms with Crippen LogP contribution in [-0.2, 0) is 10.0 Å². The molecule has 3 nitrogen and oxygen atoms in total. The van der Waals surface area contributed by atoms with E-state index in [1.54, 1.807) is 13.0 Å². The first-order valence-corrected chi connectivity index (χ1v) is 8.67. The van der Waals surface area contributed by atoms with Crippen molar-refractivity contribution < 1.29 is 12.8 Å². The minimum absolute atomic E-state index is 0.0711. The molecular formula is C13H9BrCl2FNO2S. The number of sulfonamides is 1. The number of aryl methyl sites for hydroxylation is 1. The van der Waals surface area contributed by atoms with Crippen LogP contribution in [-0.4, -0.2) is 8.42 Å². The average Bonchev–Trinajstić information content (AvgIpc) is 2.38. The van der Waals surface area contributed by atoms with Crippen molar-refractivity contribution in [3.8, 4) is 0 Å². The zero-order valence-electron chi connectivity index (χ0n) is 10.6. The molecule has 0 aliphatic heterocycles. The first-order valence-electron chi connectivity index (χ1n) is 5.64. The number of rotatable bonds is 3. The predicted octanol–water partition coefficient (Wildman–Crippen LogP) is 5.00. The lowest BCUT2D eigenvalue weighted by molar-refractivity contribution is 0.595. The third-order valence-electron chi connectivity index (χ3n) is 2.68. The number of benzene rings is 2. The topological polar surface area (TPSA) is 46.2 Å². The zero-order valence-corrected chi connectivity index (χ0v) is 14.5. The van der Waals surface area contributed by atoms with Crippen LogP contribution in [0.25, 0.3) is 0 Å². The van der Waals surface area contributed by atoms with Crippen LogP contribution >= 0.6 is 39.1 Å². The molecule has 0 aliphatic rings. The van der Waals surface area contributed by atoms with Gasteiger partial charge in [-0.25, -0.2) is 12.8 Å². The van der Waals surface area contributed by atoms with Crippen molar-refractivity contribution in [1.82, 2.24) is 0 Å². The van der Waals surface area contributed by atoms with Gasteiger partial charge in [-0.2, -0.15) is 0 Å². The molecule has 0 bridgehead atoms. The van der Waals surface area contributed by atoms with E-state index in [9.17, 15) is 12.8 Å². The summed E-state index contributed by atoms with van der Waals surface area (Å²) in [6.45, 7) is 1.79. The van der Waals surface area contributed by atoms with Gasteiger partial charge in [0.1, 0.15) is 10.7 Å². The molecule has 0 unspecified atom stereocenters. The fourth-order valence-corrected chi connectivity index (χ4v) is 4.04. The van der Waals surface area contributed by atoms with Gasteiger partial charge in [0.25, 0.3) is 10.0 Å². The van der Waals surface area contributed by atoms with E-state index in [-0.39, 0.29) is 15.6 Å². The van der Waals surface area contributed by atoms with Crippen molar-refractivity contribution in [2.24, 2.45) is 0 Å².